The summed E-state index contributed by atoms with van der Waals surface area (Å²) in [6.45, 7) is 5.59. The lowest BCUT2D eigenvalue weighted by molar-refractivity contribution is 0.372. The van der Waals surface area contributed by atoms with Gasteiger partial charge in [0.05, 0.1) is 0 Å². The molecule has 0 aliphatic heterocycles. The molecule has 1 fully saturated rings. The number of nitrogens with one attached hydrogen (secondary N) is 2. The summed E-state index contributed by atoms with van der Waals surface area (Å²) in [5.74, 6) is 2.33. The Morgan fingerprint density at radius 1 is 1.32 bits per heavy atom. The molecule has 1 aromatic rings. The molecule has 0 aromatic carbocycles. The molecule has 0 spiro atoms. The van der Waals surface area contributed by atoms with Gasteiger partial charge in [-0.3, -0.25) is 4.99 Å². The van der Waals surface area contributed by atoms with Crippen LogP contribution in [-0.4, -0.2) is 35.2 Å². The average molecular weight is 421 g/mol. The minimum atomic E-state index is 0. The minimum Gasteiger partial charge on any atom is -0.357 e. The predicted octanol–water partition coefficient (Wildman–Crippen LogP) is 2.82. The standard InChI is InChI=1S/C15H27N5O.HI/c1-3-16-15(19-13-8-5-4-6-9-13)17-11-7-10-14-18-12(2)20-21-14;/h13H,3-11H2,1-2H3,(H2,16,17,19);1H. The van der Waals surface area contributed by atoms with Crippen LogP contribution in [-0.2, 0) is 6.42 Å². The number of aromatic nitrogens is 2. The normalized spacial score (nSPS) is 16.2. The third kappa shape index (κ3) is 6.93. The zero-order chi connectivity index (χ0) is 14.9. The maximum atomic E-state index is 5.10. The summed E-state index contributed by atoms with van der Waals surface area (Å²) < 4.78 is 5.10. The van der Waals surface area contributed by atoms with E-state index < -0.39 is 0 Å². The fraction of sp³-hybridized carbons (Fsp3) is 0.800. The Balaban J connectivity index is 0.00000242. The number of aliphatic imine (C=N–C) groups is 1. The predicted molar refractivity (Wildman–Crippen MR) is 98.8 cm³/mol. The van der Waals surface area contributed by atoms with Gasteiger partial charge in [-0.05, 0) is 33.1 Å². The molecule has 1 aromatic heterocycles. The molecule has 1 aliphatic carbocycles. The fourth-order valence-electron chi connectivity index (χ4n) is 2.62. The van der Waals surface area contributed by atoms with Gasteiger partial charge < -0.3 is 15.2 Å². The average Bonchev–Trinajstić information content (AvgIpc) is 2.90. The molecule has 0 radical (unpaired) electrons. The van der Waals surface area contributed by atoms with Crippen LogP contribution in [0.3, 0.4) is 0 Å². The van der Waals surface area contributed by atoms with E-state index in [2.05, 4.69) is 32.7 Å². The van der Waals surface area contributed by atoms with Gasteiger partial charge in [-0.15, -0.1) is 24.0 Å². The van der Waals surface area contributed by atoms with E-state index in [1.807, 2.05) is 6.92 Å². The van der Waals surface area contributed by atoms with Crippen molar-refractivity contribution in [3.8, 4) is 0 Å². The van der Waals surface area contributed by atoms with Crippen LogP contribution < -0.4 is 10.6 Å². The fourth-order valence-corrected chi connectivity index (χ4v) is 2.62. The van der Waals surface area contributed by atoms with Crippen molar-refractivity contribution in [1.82, 2.24) is 20.8 Å². The summed E-state index contributed by atoms with van der Waals surface area (Å²) in [7, 11) is 0. The lowest BCUT2D eigenvalue weighted by Crippen LogP contribution is -2.44. The second-order valence-electron chi connectivity index (χ2n) is 5.58. The van der Waals surface area contributed by atoms with E-state index in [0.29, 0.717) is 17.8 Å². The first-order valence-electron chi connectivity index (χ1n) is 8.12. The Hall–Kier alpha value is -0.860. The third-order valence-corrected chi connectivity index (χ3v) is 3.68. The molecule has 0 saturated heterocycles. The van der Waals surface area contributed by atoms with Crippen molar-refractivity contribution in [2.24, 2.45) is 4.99 Å². The van der Waals surface area contributed by atoms with E-state index in [4.69, 9.17) is 4.52 Å². The van der Waals surface area contributed by atoms with E-state index in [1.165, 1.54) is 32.1 Å². The first-order valence-corrected chi connectivity index (χ1v) is 8.12. The van der Waals surface area contributed by atoms with Crippen LogP contribution in [0.25, 0.3) is 0 Å². The molecule has 7 heteroatoms. The molecule has 1 aliphatic rings. The van der Waals surface area contributed by atoms with E-state index in [9.17, 15) is 0 Å². The van der Waals surface area contributed by atoms with Crippen molar-refractivity contribution in [3.05, 3.63) is 11.7 Å². The van der Waals surface area contributed by atoms with Gasteiger partial charge >= 0.3 is 0 Å². The molecular formula is C15H28IN5O. The molecular weight excluding hydrogens is 393 g/mol. The summed E-state index contributed by atoms with van der Waals surface area (Å²) in [4.78, 5) is 8.83. The highest BCUT2D eigenvalue weighted by molar-refractivity contribution is 14.0. The first kappa shape index (κ1) is 19.2. The Bertz CT molecular complexity index is 443. The number of halogens is 1. The quantitative estimate of drug-likeness (QED) is 0.320. The lowest BCUT2D eigenvalue weighted by atomic mass is 9.96. The van der Waals surface area contributed by atoms with Crippen LogP contribution in [0.15, 0.2) is 9.52 Å². The number of hydrogen-bond donors (Lipinski definition) is 2. The van der Waals surface area contributed by atoms with Crippen molar-refractivity contribution in [2.75, 3.05) is 13.1 Å². The number of aryl methyl sites for hydroxylation is 2. The number of nitrogens with zero attached hydrogens (tertiary/aromatic N) is 3. The third-order valence-electron chi connectivity index (χ3n) is 3.68. The summed E-state index contributed by atoms with van der Waals surface area (Å²) in [6.07, 6.45) is 8.24. The second-order valence-corrected chi connectivity index (χ2v) is 5.58. The second kappa shape index (κ2) is 10.8. The molecule has 126 valence electrons. The van der Waals surface area contributed by atoms with Gasteiger partial charge in [0.1, 0.15) is 0 Å². The molecule has 2 N–H and O–H groups in total. The Morgan fingerprint density at radius 3 is 2.73 bits per heavy atom. The molecule has 0 unspecified atom stereocenters. The largest absolute Gasteiger partial charge is 0.357 e. The van der Waals surface area contributed by atoms with Crippen molar-refractivity contribution >= 4 is 29.9 Å². The maximum Gasteiger partial charge on any atom is 0.226 e. The van der Waals surface area contributed by atoms with Gasteiger partial charge in [-0.1, -0.05) is 24.4 Å². The molecule has 1 heterocycles. The van der Waals surface area contributed by atoms with Crippen LogP contribution in [0, 0.1) is 6.92 Å². The molecule has 22 heavy (non-hydrogen) atoms. The van der Waals surface area contributed by atoms with Crippen molar-refractivity contribution in [1.29, 1.82) is 0 Å². The highest BCUT2D eigenvalue weighted by Gasteiger charge is 2.14. The molecule has 1 saturated carbocycles. The van der Waals surface area contributed by atoms with E-state index >= 15 is 0 Å². The van der Waals surface area contributed by atoms with Crippen LogP contribution in [0.5, 0.6) is 0 Å². The monoisotopic (exact) mass is 421 g/mol. The summed E-state index contributed by atoms with van der Waals surface area (Å²) in [5.41, 5.74) is 0. The summed E-state index contributed by atoms with van der Waals surface area (Å²) >= 11 is 0. The molecule has 0 amide bonds. The van der Waals surface area contributed by atoms with E-state index in [0.717, 1.165) is 31.9 Å². The molecule has 0 atom stereocenters. The maximum absolute atomic E-state index is 5.10. The smallest absolute Gasteiger partial charge is 0.226 e. The first-order chi connectivity index (χ1) is 10.3. The van der Waals surface area contributed by atoms with Gasteiger partial charge in [0.15, 0.2) is 11.8 Å². The van der Waals surface area contributed by atoms with Crippen LogP contribution in [0.2, 0.25) is 0 Å². The lowest BCUT2D eigenvalue weighted by Gasteiger charge is -2.24. The molecule has 0 bridgehead atoms. The topological polar surface area (TPSA) is 75.3 Å². The van der Waals surface area contributed by atoms with Crippen molar-refractivity contribution < 1.29 is 4.52 Å². The van der Waals surface area contributed by atoms with Gasteiger partial charge in [0.25, 0.3) is 0 Å². The van der Waals surface area contributed by atoms with Gasteiger partial charge in [-0.2, -0.15) is 4.98 Å². The minimum absolute atomic E-state index is 0. The highest BCUT2D eigenvalue weighted by atomic mass is 127. The molecule has 6 nitrogen and oxygen atoms in total. The zero-order valence-electron chi connectivity index (χ0n) is 13.6. The highest BCUT2D eigenvalue weighted by Crippen LogP contribution is 2.17. The number of guanidine groups is 1. The van der Waals surface area contributed by atoms with E-state index in [-0.39, 0.29) is 24.0 Å². The zero-order valence-corrected chi connectivity index (χ0v) is 15.9. The number of hydrogen-bond acceptors (Lipinski definition) is 4. The van der Waals surface area contributed by atoms with Crippen molar-refractivity contribution in [2.45, 2.75) is 64.8 Å². The van der Waals surface area contributed by atoms with Crippen LogP contribution in [0.4, 0.5) is 0 Å². The van der Waals surface area contributed by atoms with Gasteiger partial charge in [0, 0.05) is 25.6 Å². The van der Waals surface area contributed by atoms with Crippen molar-refractivity contribution in [3.63, 3.8) is 0 Å². The van der Waals surface area contributed by atoms with Crippen LogP contribution >= 0.6 is 24.0 Å². The summed E-state index contributed by atoms with van der Waals surface area (Å²) in [6, 6.07) is 0.579. The SMILES string of the molecule is CCNC(=NCCCc1nc(C)no1)NC1CCCCC1.I. The van der Waals surface area contributed by atoms with E-state index in [1.54, 1.807) is 0 Å². The molecule has 2 rings (SSSR count). The Morgan fingerprint density at radius 2 is 2.09 bits per heavy atom. The summed E-state index contributed by atoms with van der Waals surface area (Å²) in [5, 5.41) is 10.7. The van der Waals surface area contributed by atoms with Gasteiger partial charge in [-0.25, -0.2) is 0 Å². The Labute approximate surface area is 149 Å². The Kier molecular flexibility index (Phi) is 9.42. The number of rotatable bonds is 6. The van der Waals surface area contributed by atoms with Gasteiger partial charge in [0.2, 0.25) is 5.89 Å². The van der Waals surface area contributed by atoms with Crippen LogP contribution in [0.1, 0.15) is 57.2 Å².